The lowest BCUT2D eigenvalue weighted by Gasteiger charge is -2.11. The minimum absolute atomic E-state index is 0.0924. The average Bonchev–Trinajstić information content (AvgIpc) is 2.31. The van der Waals surface area contributed by atoms with E-state index in [2.05, 4.69) is 10.7 Å². The molecule has 0 aliphatic carbocycles. The molecule has 0 saturated heterocycles. The number of hydrogen-bond acceptors (Lipinski definition) is 4. The van der Waals surface area contributed by atoms with Crippen LogP contribution >= 0.6 is 11.8 Å². The van der Waals surface area contributed by atoms with Crippen molar-refractivity contribution in [2.45, 2.75) is 0 Å². The lowest BCUT2D eigenvalue weighted by atomic mass is 10.3. The number of nitrogens with one attached hydrogen (secondary N) is 2. The Hall–Kier alpha value is -1.60. The molecule has 0 unspecified atom stereocenters. The molecule has 2 N–H and O–H groups in total. The maximum Gasteiger partial charge on any atom is 0.244 e. The van der Waals surface area contributed by atoms with Crippen LogP contribution in [0.4, 0.5) is 10.1 Å². The van der Waals surface area contributed by atoms with Gasteiger partial charge in [-0.25, -0.2) is 9.40 Å². The summed E-state index contributed by atoms with van der Waals surface area (Å²) in [5.41, 5.74) is 2.70. The van der Waals surface area contributed by atoms with Gasteiger partial charge in [0.25, 0.3) is 0 Å². The summed E-state index contributed by atoms with van der Waals surface area (Å²) in [6.07, 6.45) is 0. The summed E-state index contributed by atoms with van der Waals surface area (Å²) in [6, 6.07) is 5.94. The Bertz CT molecular complexity index is 454. The first-order chi connectivity index (χ1) is 8.99. The summed E-state index contributed by atoms with van der Waals surface area (Å²) in [7, 11) is 3.40. The van der Waals surface area contributed by atoms with E-state index in [1.54, 1.807) is 26.2 Å². The van der Waals surface area contributed by atoms with Crippen LogP contribution in [0, 0.1) is 5.82 Å². The summed E-state index contributed by atoms with van der Waals surface area (Å²) in [4.78, 5) is 22.8. The van der Waals surface area contributed by atoms with Crippen LogP contribution in [0.15, 0.2) is 24.3 Å². The van der Waals surface area contributed by atoms with E-state index in [9.17, 15) is 14.0 Å². The van der Waals surface area contributed by atoms with Crippen molar-refractivity contribution in [3.8, 4) is 0 Å². The topological polar surface area (TPSA) is 61.4 Å². The van der Waals surface area contributed by atoms with Gasteiger partial charge in [-0.05, 0) is 12.1 Å². The minimum atomic E-state index is -0.480. The summed E-state index contributed by atoms with van der Waals surface area (Å²) >= 11 is 1.16. The highest BCUT2D eigenvalue weighted by molar-refractivity contribution is 8.00. The number of hydrazine groups is 1. The fraction of sp³-hybridized carbons (Fsp3) is 0.333. The third kappa shape index (κ3) is 6.21. The predicted molar refractivity (Wildman–Crippen MR) is 74.2 cm³/mol. The third-order valence-corrected chi connectivity index (χ3v) is 2.90. The van der Waals surface area contributed by atoms with Gasteiger partial charge in [-0.2, -0.15) is 0 Å². The number of halogens is 1. The van der Waals surface area contributed by atoms with E-state index in [-0.39, 0.29) is 29.0 Å². The molecular weight excluding hydrogens is 269 g/mol. The lowest BCUT2D eigenvalue weighted by Crippen LogP contribution is -2.37. The first kappa shape index (κ1) is 15.5. The van der Waals surface area contributed by atoms with Gasteiger partial charge in [-0.15, -0.1) is 11.8 Å². The molecule has 5 nitrogen and oxygen atoms in total. The lowest BCUT2D eigenvalue weighted by molar-refractivity contribution is -0.122. The maximum absolute atomic E-state index is 13.3. The van der Waals surface area contributed by atoms with Gasteiger partial charge in [-0.3, -0.25) is 15.0 Å². The monoisotopic (exact) mass is 285 g/mol. The van der Waals surface area contributed by atoms with E-state index in [0.717, 1.165) is 11.8 Å². The van der Waals surface area contributed by atoms with Crippen LogP contribution in [-0.4, -0.2) is 42.4 Å². The van der Waals surface area contributed by atoms with Gasteiger partial charge in [-0.1, -0.05) is 12.1 Å². The number of amides is 2. The number of rotatable bonds is 6. The number of carbonyl (C=O) groups excluding carboxylic acids is 2. The van der Waals surface area contributed by atoms with Gasteiger partial charge in [0.1, 0.15) is 5.82 Å². The summed E-state index contributed by atoms with van der Waals surface area (Å²) in [6.45, 7) is 0. The Kier molecular flexibility index (Phi) is 6.31. The molecule has 0 fully saturated rings. The van der Waals surface area contributed by atoms with E-state index in [0.29, 0.717) is 0 Å². The van der Waals surface area contributed by atoms with Gasteiger partial charge < -0.3 is 5.32 Å². The van der Waals surface area contributed by atoms with E-state index < -0.39 is 5.82 Å². The number of nitrogens with zero attached hydrogens (tertiary/aromatic N) is 1. The highest BCUT2D eigenvalue weighted by Gasteiger charge is 2.08. The molecule has 1 aromatic rings. The van der Waals surface area contributed by atoms with Crippen molar-refractivity contribution in [1.29, 1.82) is 0 Å². The smallest absolute Gasteiger partial charge is 0.244 e. The molecular formula is C12H16FN3O2S. The summed E-state index contributed by atoms with van der Waals surface area (Å²) in [5.74, 6) is -0.745. The Morgan fingerprint density at radius 2 is 1.84 bits per heavy atom. The highest BCUT2D eigenvalue weighted by atomic mass is 32.2. The van der Waals surface area contributed by atoms with Gasteiger partial charge in [0.05, 0.1) is 17.2 Å². The second-order valence-corrected chi connectivity index (χ2v) is 4.94. The molecule has 0 heterocycles. The number of carbonyl (C=O) groups is 2. The van der Waals surface area contributed by atoms with E-state index in [4.69, 9.17) is 0 Å². The number of para-hydroxylation sites is 1. The van der Waals surface area contributed by atoms with Crippen molar-refractivity contribution < 1.29 is 14.0 Å². The molecule has 0 saturated carbocycles. The van der Waals surface area contributed by atoms with Gasteiger partial charge in [0.15, 0.2) is 0 Å². The molecule has 0 spiro atoms. The maximum atomic E-state index is 13.3. The molecule has 0 atom stereocenters. The second kappa shape index (κ2) is 7.75. The zero-order valence-electron chi connectivity index (χ0n) is 10.8. The number of benzene rings is 1. The molecule has 104 valence electrons. The molecule has 1 aromatic carbocycles. The largest absolute Gasteiger partial charge is 0.323 e. The Balaban J connectivity index is 2.29. The first-order valence-electron chi connectivity index (χ1n) is 5.58. The highest BCUT2D eigenvalue weighted by Crippen LogP contribution is 2.12. The normalized spacial score (nSPS) is 10.3. The summed E-state index contributed by atoms with van der Waals surface area (Å²) in [5, 5.41) is 3.98. The number of hydrogen-bond donors (Lipinski definition) is 2. The van der Waals surface area contributed by atoms with Crippen LogP contribution in [-0.2, 0) is 9.59 Å². The van der Waals surface area contributed by atoms with Crippen molar-refractivity contribution in [1.82, 2.24) is 10.4 Å². The molecule has 0 radical (unpaired) electrons. The zero-order chi connectivity index (χ0) is 14.3. The zero-order valence-corrected chi connectivity index (χ0v) is 11.6. The van der Waals surface area contributed by atoms with Gasteiger partial charge >= 0.3 is 0 Å². The van der Waals surface area contributed by atoms with Crippen LogP contribution < -0.4 is 10.7 Å². The van der Waals surface area contributed by atoms with Crippen molar-refractivity contribution in [3.05, 3.63) is 30.1 Å². The van der Waals surface area contributed by atoms with Crippen LogP contribution in [0.5, 0.6) is 0 Å². The van der Waals surface area contributed by atoms with Crippen molar-refractivity contribution in [2.24, 2.45) is 0 Å². The van der Waals surface area contributed by atoms with E-state index in [1.165, 1.54) is 17.1 Å². The van der Waals surface area contributed by atoms with E-state index in [1.807, 2.05) is 0 Å². The molecule has 1 rings (SSSR count). The molecule has 0 aliphatic rings. The van der Waals surface area contributed by atoms with Crippen molar-refractivity contribution in [3.63, 3.8) is 0 Å². The SMILES string of the molecule is CN(C)NC(=O)CSCC(=O)Nc1ccccc1F. The number of thioether (sulfide) groups is 1. The van der Waals surface area contributed by atoms with Crippen molar-refractivity contribution in [2.75, 3.05) is 30.9 Å². The molecule has 7 heteroatoms. The molecule has 0 aromatic heterocycles. The fourth-order valence-electron chi connectivity index (χ4n) is 1.27. The quantitative estimate of drug-likeness (QED) is 0.768. The Labute approximate surface area is 115 Å². The second-order valence-electron chi connectivity index (χ2n) is 3.95. The van der Waals surface area contributed by atoms with E-state index >= 15 is 0 Å². The first-order valence-corrected chi connectivity index (χ1v) is 6.73. The standard InChI is InChI=1S/C12H16FN3O2S/c1-16(2)15-12(18)8-19-7-11(17)14-10-6-4-3-5-9(10)13/h3-6H,7-8H2,1-2H3,(H,14,17)(H,15,18). The third-order valence-electron chi connectivity index (χ3n) is 1.96. The predicted octanol–water partition coefficient (Wildman–Crippen LogP) is 1.09. The van der Waals surface area contributed by atoms with Gasteiger partial charge in [0, 0.05) is 14.1 Å². The molecule has 0 aliphatic heterocycles. The fourth-order valence-corrected chi connectivity index (χ4v) is 1.88. The van der Waals surface area contributed by atoms with Crippen LogP contribution in [0.1, 0.15) is 0 Å². The molecule has 0 bridgehead atoms. The molecule has 2 amide bonds. The van der Waals surface area contributed by atoms with Crippen LogP contribution in [0.3, 0.4) is 0 Å². The Morgan fingerprint density at radius 3 is 2.47 bits per heavy atom. The average molecular weight is 285 g/mol. The summed E-state index contributed by atoms with van der Waals surface area (Å²) < 4.78 is 13.3. The van der Waals surface area contributed by atoms with Gasteiger partial charge in [0.2, 0.25) is 11.8 Å². The van der Waals surface area contributed by atoms with Crippen LogP contribution in [0.2, 0.25) is 0 Å². The minimum Gasteiger partial charge on any atom is -0.323 e. The Morgan fingerprint density at radius 1 is 1.21 bits per heavy atom. The van der Waals surface area contributed by atoms with Crippen molar-refractivity contribution >= 4 is 29.3 Å². The molecule has 19 heavy (non-hydrogen) atoms. The van der Waals surface area contributed by atoms with Crippen LogP contribution in [0.25, 0.3) is 0 Å². The number of anilines is 1.